The first-order valence-corrected chi connectivity index (χ1v) is 9.72. The largest absolute Gasteiger partial charge is 0.494 e. The molecule has 2 unspecified atom stereocenters. The van der Waals surface area contributed by atoms with Crippen LogP contribution in [-0.4, -0.2) is 37.8 Å². The summed E-state index contributed by atoms with van der Waals surface area (Å²) in [5.41, 5.74) is 6.58. The quantitative estimate of drug-likeness (QED) is 0.525. The number of aryl methyl sites for hydroxylation is 1. The molecule has 0 spiro atoms. The number of hydrogen-bond donors (Lipinski definition) is 2. The first-order valence-electron chi connectivity index (χ1n) is 9.72. The van der Waals surface area contributed by atoms with Crippen molar-refractivity contribution in [1.82, 2.24) is 14.1 Å². The Morgan fingerprint density at radius 1 is 1.36 bits per heavy atom. The number of fused-ring (bicyclic) bond motifs is 1. The van der Waals surface area contributed by atoms with E-state index in [1.165, 1.54) is 0 Å². The topological polar surface area (TPSA) is 95.3 Å². The van der Waals surface area contributed by atoms with Crippen LogP contribution in [0.1, 0.15) is 49.6 Å². The molecular weight excluding hydrogens is 356 g/mol. The van der Waals surface area contributed by atoms with Gasteiger partial charge in [-0.05, 0) is 43.4 Å². The normalized spacial score (nSPS) is 13.5. The number of aromatic nitrogens is 3. The zero-order chi connectivity index (χ0) is 20.1. The zero-order valence-electron chi connectivity index (χ0n) is 16.4. The Hall–Kier alpha value is -2.80. The van der Waals surface area contributed by atoms with Crippen molar-refractivity contribution in [3.05, 3.63) is 48.7 Å². The van der Waals surface area contributed by atoms with Crippen LogP contribution in [-0.2, 0) is 6.54 Å². The third-order valence-electron chi connectivity index (χ3n) is 4.97. The molecule has 0 fully saturated rings. The maximum Gasteiger partial charge on any atom is 0.268 e. The first kappa shape index (κ1) is 19.9. The molecule has 1 aromatic carbocycles. The van der Waals surface area contributed by atoms with E-state index in [1.54, 1.807) is 24.0 Å². The molecule has 7 nitrogen and oxygen atoms in total. The van der Waals surface area contributed by atoms with Gasteiger partial charge < -0.3 is 24.7 Å². The van der Waals surface area contributed by atoms with Gasteiger partial charge in [-0.15, -0.1) is 0 Å². The van der Waals surface area contributed by atoms with Crippen molar-refractivity contribution in [2.45, 2.75) is 51.8 Å². The van der Waals surface area contributed by atoms with Crippen molar-refractivity contribution in [2.75, 3.05) is 6.61 Å². The highest BCUT2D eigenvalue weighted by Gasteiger charge is 2.19. The number of benzene rings is 1. The Labute approximate surface area is 164 Å². The molecule has 28 heavy (non-hydrogen) atoms. The molecule has 1 amide bonds. The summed E-state index contributed by atoms with van der Waals surface area (Å²) >= 11 is 0. The Morgan fingerprint density at radius 2 is 2.18 bits per heavy atom. The fourth-order valence-electron chi connectivity index (χ4n) is 3.34. The lowest BCUT2D eigenvalue weighted by molar-refractivity contribution is 0.0994. The van der Waals surface area contributed by atoms with E-state index in [-0.39, 0.29) is 11.7 Å². The zero-order valence-corrected chi connectivity index (χ0v) is 16.4. The predicted molar refractivity (Wildman–Crippen MR) is 108 cm³/mol. The second-order valence-electron chi connectivity index (χ2n) is 7.10. The number of unbranched alkanes of at least 4 members (excludes halogenated alkanes) is 1. The average molecular weight is 384 g/mol. The van der Waals surface area contributed by atoms with Crippen LogP contribution in [0, 0.1) is 0 Å². The molecule has 2 atom stereocenters. The van der Waals surface area contributed by atoms with Gasteiger partial charge in [0, 0.05) is 25.0 Å². The Kier molecular flexibility index (Phi) is 6.36. The van der Waals surface area contributed by atoms with Crippen molar-refractivity contribution < 1.29 is 14.6 Å². The average Bonchev–Trinajstić information content (AvgIpc) is 3.29. The molecule has 0 aliphatic heterocycles. The lowest BCUT2D eigenvalue weighted by Gasteiger charge is -2.22. The summed E-state index contributed by atoms with van der Waals surface area (Å²) in [7, 11) is 0. The van der Waals surface area contributed by atoms with Gasteiger partial charge in [0.25, 0.3) is 5.91 Å². The molecule has 0 aliphatic carbocycles. The first-order chi connectivity index (χ1) is 13.5. The van der Waals surface area contributed by atoms with E-state index >= 15 is 0 Å². The highest BCUT2D eigenvalue weighted by molar-refractivity contribution is 5.90. The number of rotatable bonds is 10. The van der Waals surface area contributed by atoms with Crippen LogP contribution in [0.5, 0.6) is 5.75 Å². The molecule has 3 rings (SSSR count). The van der Waals surface area contributed by atoms with Crippen LogP contribution >= 0.6 is 0 Å². The second-order valence-corrected chi connectivity index (χ2v) is 7.10. The molecule has 3 N–H and O–H groups in total. The van der Waals surface area contributed by atoms with Gasteiger partial charge in [-0.2, -0.15) is 0 Å². The van der Waals surface area contributed by atoms with E-state index < -0.39 is 12.0 Å². The summed E-state index contributed by atoms with van der Waals surface area (Å²) in [4.78, 5) is 15.3. The number of imidazole rings is 1. The molecule has 0 bridgehead atoms. The SMILES string of the molecule is CCCCOc1ccc2ccn(CCC(C(C)O)n3cnc(C(N)=O)c3)c2c1. The number of carbonyl (C=O) groups is 1. The lowest BCUT2D eigenvalue weighted by Crippen LogP contribution is -2.22. The van der Waals surface area contributed by atoms with E-state index in [0.29, 0.717) is 13.0 Å². The van der Waals surface area contributed by atoms with Crippen LogP contribution in [0.4, 0.5) is 0 Å². The van der Waals surface area contributed by atoms with Gasteiger partial charge in [0.15, 0.2) is 0 Å². The minimum Gasteiger partial charge on any atom is -0.494 e. The number of amides is 1. The van der Waals surface area contributed by atoms with E-state index in [4.69, 9.17) is 10.5 Å². The van der Waals surface area contributed by atoms with Crippen molar-refractivity contribution in [3.63, 3.8) is 0 Å². The molecule has 0 aliphatic rings. The Balaban J connectivity index is 1.74. The summed E-state index contributed by atoms with van der Waals surface area (Å²) in [5, 5.41) is 11.4. The summed E-state index contributed by atoms with van der Waals surface area (Å²) in [6.07, 6.45) is 7.40. The summed E-state index contributed by atoms with van der Waals surface area (Å²) in [6, 6.07) is 7.99. The maximum absolute atomic E-state index is 11.3. The minimum atomic E-state index is -0.593. The third kappa shape index (κ3) is 4.54. The van der Waals surface area contributed by atoms with Crippen LogP contribution in [0.3, 0.4) is 0 Å². The minimum absolute atomic E-state index is 0.200. The number of nitrogens with two attached hydrogens (primary N) is 1. The van der Waals surface area contributed by atoms with Gasteiger partial charge in [0.1, 0.15) is 11.4 Å². The van der Waals surface area contributed by atoms with Gasteiger partial charge in [-0.25, -0.2) is 4.98 Å². The molecule has 7 heteroatoms. The Bertz CT molecular complexity index is 929. The molecular formula is C21H28N4O3. The number of hydrogen-bond acceptors (Lipinski definition) is 4. The van der Waals surface area contributed by atoms with E-state index in [0.717, 1.165) is 36.1 Å². The monoisotopic (exact) mass is 384 g/mol. The van der Waals surface area contributed by atoms with Crippen LogP contribution in [0.15, 0.2) is 43.0 Å². The van der Waals surface area contributed by atoms with Crippen LogP contribution in [0.2, 0.25) is 0 Å². The molecule has 0 radical (unpaired) electrons. The summed E-state index contributed by atoms with van der Waals surface area (Å²) in [6.45, 7) is 5.31. The predicted octanol–water partition coefficient (Wildman–Crippen LogP) is 3.13. The van der Waals surface area contributed by atoms with Gasteiger partial charge >= 0.3 is 0 Å². The van der Waals surface area contributed by atoms with Gasteiger partial charge in [0.05, 0.1) is 30.6 Å². The smallest absolute Gasteiger partial charge is 0.268 e. The second kappa shape index (κ2) is 8.93. The van der Waals surface area contributed by atoms with E-state index in [1.807, 2.05) is 12.3 Å². The standard InChI is InChI=1S/C21H28N4O3/c1-3-4-11-28-17-6-5-16-7-9-24(20(16)12-17)10-8-19(15(2)26)25-13-18(21(22)27)23-14-25/h5-7,9,12-15,19,26H,3-4,8,10-11H2,1-2H3,(H2,22,27). The van der Waals surface area contributed by atoms with Crippen molar-refractivity contribution in [1.29, 1.82) is 0 Å². The van der Waals surface area contributed by atoms with Gasteiger partial charge in [0.2, 0.25) is 0 Å². The molecule has 2 heterocycles. The van der Waals surface area contributed by atoms with Crippen molar-refractivity contribution in [3.8, 4) is 5.75 Å². The fourth-order valence-corrected chi connectivity index (χ4v) is 3.34. The lowest BCUT2D eigenvalue weighted by atomic mass is 10.1. The van der Waals surface area contributed by atoms with Crippen LogP contribution in [0.25, 0.3) is 10.9 Å². The molecule has 2 aromatic heterocycles. The molecule has 150 valence electrons. The molecule has 3 aromatic rings. The number of aliphatic hydroxyl groups is 1. The number of aliphatic hydroxyl groups excluding tert-OH is 1. The van der Waals surface area contributed by atoms with Gasteiger partial charge in [-0.3, -0.25) is 4.79 Å². The summed E-state index contributed by atoms with van der Waals surface area (Å²) < 4.78 is 9.74. The van der Waals surface area contributed by atoms with Crippen LogP contribution < -0.4 is 10.5 Å². The van der Waals surface area contributed by atoms with Crippen molar-refractivity contribution >= 4 is 16.8 Å². The maximum atomic E-state index is 11.3. The Morgan fingerprint density at radius 3 is 2.86 bits per heavy atom. The van der Waals surface area contributed by atoms with Crippen molar-refractivity contribution in [2.24, 2.45) is 5.73 Å². The summed E-state index contributed by atoms with van der Waals surface area (Å²) in [5.74, 6) is 0.295. The number of ether oxygens (including phenoxy) is 1. The number of carbonyl (C=O) groups excluding carboxylic acids is 1. The van der Waals surface area contributed by atoms with Gasteiger partial charge in [-0.1, -0.05) is 13.3 Å². The highest BCUT2D eigenvalue weighted by Crippen LogP contribution is 2.25. The third-order valence-corrected chi connectivity index (χ3v) is 4.97. The van der Waals surface area contributed by atoms with E-state index in [9.17, 15) is 9.90 Å². The molecule has 0 saturated heterocycles. The van der Waals surface area contributed by atoms with E-state index in [2.05, 4.69) is 34.7 Å². The molecule has 0 saturated carbocycles. The number of primary amides is 1. The highest BCUT2D eigenvalue weighted by atomic mass is 16.5. The fraction of sp³-hybridized carbons (Fsp3) is 0.429. The number of nitrogens with zero attached hydrogens (tertiary/aromatic N) is 3.